The number of methoxy groups -OCH3 is 1. The van der Waals surface area contributed by atoms with Crippen LogP contribution in [0, 0.1) is 17.1 Å². The smallest absolute Gasteiger partial charge is 0.259 e. The third-order valence-corrected chi connectivity index (χ3v) is 4.58. The first-order valence-corrected chi connectivity index (χ1v) is 8.99. The highest BCUT2D eigenvalue weighted by molar-refractivity contribution is 6.42. The summed E-state index contributed by atoms with van der Waals surface area (Å²) in [6.45, 7) is 0. The molecule has 0 aromatic heterocycles. The minimum Gasteiger partial charge on any atom is -0.493 e. The number of nitriles is 1. The summed E-state index contributed by atoms with van der Waals surface area (Å²) in [6, 6.07) is 14.9. The van der Waals surface area contributed by atoms with Gasteiger partial charge in [-0.2, -0.15) is 5.26 Å². The monoisotopic (exact) mass is 430 g/mol. The van der Waals surface area contributed by atoms with Gasteiger partial charge in [0.05, 0.1) is 34.4 Å². The summed E-state index contributed by atoms with van der Waals surface area (Å²) in [6.07, 6.45) is 0. The zero-order valence-corrected chi connectivity index (χ0v) is 16.5. The van der Waals surface area contributed by atoms with Crippen LogP contribution in [0.2, 0.25) is 10.0 Å². The predicted octanol–water partition coefficient (Wildman–Crippen LogP) is 6.06. The van der Waals surface area contributed by atoms with Gasteiger partial charge in [0, 0.05) is 17.8 Å². The lowest BCUT2D eigenvalue weighted by Crippen LogP contribution is -2.13. The molecule has 1 amide bonds. The molecule has 0 fully saturated rings. The van der Waals surface area contributed by atoms with E-state index in [1.807, 2.05) is 6.07 Å². The van der Waals surface area contributed by atoms with Crippen LogP contribution in [0.4, 0.5) is 10.1 Å². The van der Waals surface area contributed by atoms with Crippen LogP contribution in [0.5, 0.6) is 17.2 Å². The lowest BCUT2D eigenvalue weighted by atomic mass is 10.1. The molecule has 5 nitrogen and oxygen atoms in total. The largest absolute Gasteiger partial charge is 0.493 e. The standard InChI is InChI=1S/C21H13Cl2FN2O3/c1-28-20-8-13(24)5-6-18(20)29-19-10-17(23)16(22)9-15(19)21(27)26-14-4-2-3-12(7-14)11-25/h2-10H,1H3,(H,26,27). The van der Waals surface area contributed by atoms with E-state index >= 15 is 0 Å². The molecule has 1 N–H and O–H groups in total. The van der Waals surface area contributed by atoms with E-state index in [9.17, 15) is 9.18 Å². The Bertz CT molecular complexity index is 1130. The molecule has 0 atom stereocenters. The molecule has 29 heavy (non-hydrogen) atoms. The van der Waals surface area contributed by atoms with Crippen LogP contribution in [0.3, 0.4) is 0 Å². The van der Waals surface area contributed by atoms with Crippen LogP contribution in [-0.2, 0) is 0 Å². The molecule has 0 heterocycles. The van der Waals surface area contributed by atoms with E-state index < -0.39 is 11.7 Å². The van der Waals surface area contributed by atoms with Crippen molar-refractivity contribution in [3.05, 3.63) is 81.6 Å². The molecule has 0 aliphatic rings. The van der Waals surface area contributed by atoms with E-state index in [1.54, 1.807) is 18.2 Å². The Hall–Kier alpha value is -3.27. The molecule has 0 bridgehead atoms. The number of carbonyl (C=O) groups excluding carboxylic acids is 1. The van der Waals surface area contributed by atoms with Gasteiger partial charge in [-0.25, -0.2) is 4.39 Å². The van der Waals surface area contributed by atoms with Crippen LogP contribution in [-0.4, -0.2) is 13.0 Å². The summed E-state index contributed by atoms with van der Waals surface area (Å²) in [5.74, 6) is -0.608. The molecule has 0 saturated heterocycles. The van der Waals surface area contributed by atoms with Crippen LogP contribution >= 0.6 is 23.2 Å². The predicted molar refractivity (Wildman–Crippen MR) is 109 cm³/mol. The maximum Gasteiger partial charge on any atom is 0.259 e. The molecule has 0 radical (unpaired) electrons. The minimum atomic E-state index is -0.533. The number of anilines is 1. The molecule has 0 unspecified atom stereocenters. The SMILES string of the molecule is COc1cc(F)ccc1Oc1cc(Cl)c(Cl)cc1C(=O)Nc1cccc(C#N)c1. The second-order valence-electron chi connectivity index (χ2n) is 5.81. The van der Waals surface area contributed by atoms with Gasteiger partial charge < -0.3 is 14.8 Å². The van der Waals surface area contributed by atoms with Crippen molar-refractivity contribution >= 4 is 34.8 Å². The average molecular weight is 431 g/mol. The zero-order valence-electron chi connectivity index (χ0n) is 15.0. The highest BCUT2D eigenvalue weighted by Gasteiger charge is 2.18. The zero-order chi connectivity index (χ0) is 21.0. The fraction of sp³-hybridized carbons (Fsp3) is 0.0476. The quantitative estimate of drug-likeness (QED) is 0.533. The summed E-state index contributed by atoms with van der Waals surface area (Å²) in [5.41, 5.74) is 0.906. The number of nitrogens with zero attached hydrogens (tertiary/aromatic N) is 1. The van der Waals surface area contributed by atoms with Crippen molar-refractivity contribution in [1.82, 2.24) is 0 Å². The number of halogens is 3. The maximum absolute atomic E-state index is 13.4. The van der Waals surface area contributed by atoms with Crippen molar-refractivity contribution in [2.45, 2.75) is 0 Å². The Morgan fingerprint density at radius 1 is 1.03 bits per heavy atom. The van der Waals surface area contributed by atoms with E-state index in [-0.39, 0.29) is 32.9 Å². The molecule has 0 spiro atoms. The number of ether oxygens (including phenoxy) is 2. The van der Waals surface area contributed by atoms with Gasteiger partial charge in [0.2, 0.25) is 0 Å². The molecule has 3 rings (SSSR count). The minimum absolute atomic E-state index is 0.0909. The van der Waals surface area contributed by atoms with E-state index in [4.69, 9.17) is 37.9 Å². The van der Waals surface area contributed by atoms with Crippen LogP contribution < -0.4 is 14.8 Å². The molecule has 3 aromatic rings. The molecule has 3 aromatic carbocycles. The number of hydrogen-bond acceptors (Lipinski definition) is 4. The van der Waals surface area contributed by atoms with Gasteiger partial charge in [-0.3, -0.25) is 4.79 Å². The van der Waals surface area contributed by atoms with Crippen molar-refractivity contribution in [3.63, 3.8) is 0 Å². The number of hydrogen-bond donors (Lipinski definition) is 1. The Morgan fingerprint density at radius 2 is 1.79 bits per heavy atom. The van der Waals surface area contributed by atoms with Gasteiger partial charge in [0.15, 0.2) is 11.5 Å². The average Bonchev–Trinajstić information content (AvgIpc) is 2.71. The topological polar surface area (TPSA) is 71.3 Å². The van der Waals surface area contributed by atoms with E-state index in [2.05, 4.69) is 5.32 Å². The van der Waals surface area contributed by atoms with Crippen molar-refractivity contribution < 1.29 is 18.7 Å². The molecule has 0 saturated carbocycles. The highest BCUT2D eigenvalue weighted by atomic mass is 35.5. The number of rotatable bonds is 5. The van der Waals surface area contributed by atoms with Crippen molar-refractivity contribution in [3.8, 4) is 23.3 Å². The molecular formula is C21H13Cl2FN2O3. The summed E-state index contributed by atoms with van der Waals surface area (Å²) in [5, 5.41) is 12.0. The molecule has 8 heteroatoms. The second kappa shape index (κ2) is 8.82. The van der Waals surface area contributed by atoms with Crippen molar-refractivity contribution in [2.75, 3.05) is 12.4 Å². The second-order valence-corrected chi connectivity index (χ2v) is 6.62. The fourth-order valence-corrected chi connectivity index (χ4v) is 2.82. The number of nitrogens with one attached hydrogen (secondary N) is 1. The third kappa shape index (κ3) is 4.77. The Labute approximate surface area is 176 Å². The summed E-state index contributed by atoms with van der Waals surface area (Å²) in [4.78, 5) is 12.8. The van der Waals surface area contributed by atoms with Crippen LogP contribution in [0.1, 0.15) is 15.9 Å². The van der Waals surface area contributed by atoms with Crippen LogP contribution in [0.25, 0.3) is 0 Å². The summed E-state index contributed by atoms with van der Waals surface area (Å²) in [7, 11) is 1.37. The Balaban J connectivity index is 1.97. The van der Waals surface area contributed by atoms with E-state index in [0.717, 1.165) is 6.07 Å². The normalized spacial score (nSPS) is 10.2. The first kappa shape index (κ1) is 20.5. The molecule has 0 aliphatic carbocycles. The number of amides is 1. The third-order valence-electron chi connectivity index (χ3n) is 3.86. The first-order chi connectivity index (χ1) is 13.9. The highest BCUT2D eigenvalue weighted by Crippen LogP contribution is 2.37. The van der Waals surface area contributed by atoms with E-state index in [0.29, 0.717) is 11.3 Å². The van der Waals surface area contributed by atoms with Gasteiger partial charge in [-0.1, -0.05) is 29.3 Å². The number of carbonyl (C=O) groups is 1. The van der Waals surface area contributed by atoms with Gasteiger partial charge in [0.1, 0.15) is 11.6 Å². The first-order valence-electron chi connectivity index (χ1n) is 8.23. The Kier molecular flexibility index (Phi) is 6.23. The number of benzene rings is 3. The summed E-state index contributed by atoms with van der Waals surface area (Å²) >= 11 is 12.2. The molecular weight excluding hydrogens is 418 g/mol. The van der Waals surface area contributed by atoms with Gasteiger partial charge >= 0.3 is 0 Å². The van der Waals surface area contributed by atoms with Crippen molar-refractivity contribution in [1.29, 1.82) is 5.26 Å². The van der Waals surface area contributed by atoms with Gasteiger partial charge in [0.25, 0.3) is 5.91 Å². The fourth-order valence-electron chi connectivity index (χ4n) is 2.50. The summed E-state index contributed by atoms with van der Waals surface area (Å²) < 4.78 is 24.3. The van der Waals surface area contributed by atoms with E-state index in [1.165, 1.54) is 37.4 Å². The van der Waals surface area contributed by atoms with Gasteiger partial charge in [-0.15, -0.1) is 0 Å². The lowest BCUT2D eigenvalue weighted by Gasteiger charge is -2.15. The molecule has 146 valence electrons. The van der Waals surface area contributed by atoms with Crippen LogP contribution in [0.15, 0.2) is 54.6 Å². The van der Waals surface area contributed by atoms with Gasteiger partial charge in [-0.05, 0) is 36.4 Å². The van der Waals surface area contributed by atoms with Crippen molar-refractivity contribution in [2.24, 2.45) is 0 Å². The maximum atomic E-state index is 13.4. The Morgan fingerprint density at radius 3 is 2.52 bits per heavy atom. The lowest BCUT2D eigenvalue weighted by molar-refractivity contribution is 0.102. The molecule has 0 aliphatic heterocycles.